The van der Waals surface area contributed by atoms with Gasteiger partial charge < -0.3 is 15.0 Å². The molecule has 0 saturated heterocycles. The van der Waals surface area contributed by atoms with Gasteiger partial charge in [-0.2, -0.15) is 0 Å². The third kappa shape index (κ3) is 5.00. The van der Waals surface area contributed by atoms with Gasteiger partial charge in [-0.3, -0.25) is 4.79 Å². The van der Waals surface area contributed by atoms with Gasteiger partial charge in [0.25, 0.3) is 5.91 Å². The topological polar surface area (TPSA) is 67.3 Å². The first-order chi connectivity index (χ1) is 17.2. The van der Waals surface area contributed by atoms with Gasteiger partial charge in [-0.05, 0) is 73.2 Å². The summed E-state index contributed by atoms with van der Waals surface area (Å²) < 4.78 is 5.73. The molecule has 2 fully saturated rings. The number of carbonyl (C=O) groups is 1. The Kier molecular flexibility index (Phi) is 6.79. The molecule has 2 saturated carbocycles. The number of nitrogens with zero attached hydrogens (tertiary/aromatic N) is 3. The first kappa shape index (κ1) is 24.1. The predicted molar refractivity (Wildman–Crippen MR) is 145 cm³/mol. The van der Waals surface area contributed by atoms with E-state index in [9.17, 15) is 4.79 Å². The largest absolute Gasteiger partial charge is 0.496 e. The molecule has 36 heavy (non-hydrogen) atoms. The van der Waals surface area contributed by atoms with E-state index in [1.165, 1.54) is 12.8 Å². The second kappa shape index (κ2) is 10.2. The first-order valence-corrected chi connectivity index (χ1v) is 12.2. The van der Waals surface area contributed by atoms with Gasteiger partial charge in [0, 0.05) is 35.1 Å². The standard InChI is InChI=1S/C29H28N4O2.ClH/c1-35-27-14-7-19(17-33(23-11-12-23)29(34)20-5-3-2-4-6-20)15-24(27)21-8-13-26-25(16-21)28(31-18-30-26)32-22-9-10-22;/h2-8,13-16,18,22-23H,9-12,17H2,1H3,(H,30,31,32);1H. The van der Waals surface area contributed by atoms with Crippen LogP contribution in [0.5, 0.6) is 5.75 Å². The lowest BCUT2D eigenvalue weighted by Gasteiger charge is -2.23. The Morgan fingerprint density at radius 1 is 1.00 bits per heavy atom. The molecule has 1 aromatic heterocycles. The molecular weight excluding hydrogens is 472 g/mol. The average molecular weight is 501 g/mol. The van der Waals surface area contributed by atoms with Crippen molar-refractivity contribution in [1.82, 2.24) is 14.9 Å². The monoisotopic (exact) mass is 500 g/mol. The van der Waals surface area contributed by atoms with Crippen molar-refractivity contribution in [2.75, 3.05) is 12.4 Å². The van der Waals surface area contributed by atoms with Crippen molar-refractivity contribution in [2.45, 2.75) is 44.3 Å². The minimum absolute atomic E-state index is 0. The summed E-state index contributed by atoms with van der Waals surface area (Å²) in [5, 5.41) is 4.53. The lowest BCUT2D eigenvalue weighted by Crippen LogP contribution is -2.32. The third-order valence-electron chi connectivity index (χ3n) is 6.75. The van der Waals surface area contributed by atoms with Crippen LogP contribution in [0.3, 0.4) is 0 Å². The van der Waals surface area contributed by atoms with E-state index in [0.29, 0.717) is 18.6 Å². The molecule has 0 radical (unpaired) electrons. The maximum absolute atomic E-state index is 13.3. The SMILES string of the molecule is COc1ccc(CN(C(=O)c2ccccc2)C2CC2)cc1-c1ccc2ncnc(NC3CC3)c2c1.Cl. The second-order valence-electron chi connectivity index (χ2n) is 9.44. The molecular formula is C29H29ClN4O2. The van der Waals surface area contributed by atoms with Crippen LogP contribution in [0.2, 0.25) is 0 Å². The molecule has 7 heteroatoms. The summed E-state index contributed by atoms with van der Waals surface area (Å²) in [5.41, 5.74) is 4.76. The van der Waals surface area contributed by atoms with Crippen LogP contribution in [-0.4, -0.2) is 40.0 Å². The van der Waals surface area contributed by atoms with Gasteiger partial charge in [0.05, 0.1) is 12.6 Å². The third-order valence-corrected chi connectivity index (χ3v) is 6.75. The van der Waals surface area contributed by atoms with Crippen molar-refractivity contribution < 1.29 is 9.53 Å². The number of nitrogens with one attached hydrogen (secondary N) is 1. The molecule has 3 aromatic carbocycles. The summed E-state index contributed by atoms with van der Waals surface area (Å²) in [6.07, 6.45) is 6.09. The summed E-state index contributed by atoms with van der Waals surface area (Å²) in [4.78, 5) is 24.2. The number of ether oxygens (including phenoxy) is 1. The molecule has 1 N–H and O–H groups in total. The minimum Gasteiger partial charge on any atom is -0.496 e. The van der Waals surface area contributed by atoms with Crippen LogP contribution in [-0.2, 0) is 6.54 Å². The average Bonchev–Trinajstić information content (AvgIpc) is 3.83. The van der Waals surface area contributed by atoms with Crippen molar-refractivity contribution in [1.29, 1.82) is 0 Å². The zero-order valence-electron chi connectivity index (χ0n) is 20.2. The number of benzene rings is 3. The van der Waals surface area contributed by atoms with E-state index in [1.807, 2.05) is 47.4 Å². The molecule has 184 valence electrons. The fraction of sp³-hybridized carbons (Fsp3) is 0.276. The number of hydrogen-bond acceptors (Lipinski definition) is 5. The molecule has 0 unspecified atom stereocenters. The Morgan fingerprint density at radius 2 is 1.81 bits per heavy atom. The van der Waals surface area contributed by atoms with Crippen LogP contribution >= 0.6 is 12.4 Å². The summed E-state index contributed by atoms with van der Waals surface area (Å²) in [5.74, 6) is 1.76. The highest BCUT2D eigenvalue weighted by molar-refractivity contribution is 5.95. The van der Waals surface area contributed by atoms with Crippen molar-refractivity contribution in [3.63, 3.8) is 0 Å². The number of anilines is 1. The van der Waals surface area contributed by atoms with Gasteiger partial charge in [-0.15, -0.1) is 12.4 Å². The molecule has 0 bridgehead atoms. The van der Waals surface area contributed by atoms with Crippen molar-refractivity contribution in [3.8, 4) is 16.9 Å². The number of methoxy groups -OCH3 is 1. The predicted octanol–water partition coefficient (Wildman–Crippen LogP) is 6.11. The van der Waals surface area contributed by atoms with Crippen molar-refractivity contribution >= 4 is 35.0 Å². The maximum Gasteiger partial charge on any atom is 0.254 e. The van der Waals surface area contributed by atoms with Crippen LogP contribution in [0.4, 0.5) is 5.82 Å². The first-order valence-electron chi connectivity index (χ1n) is 12.2. The van der Waals surface area contributed by atoms with E-state index in [-0.39, 0.29) is 18.3 Å². The van der Waals surface area contributed by atoms with E-state index in [1.54, 1.807) is 13.4 Å². The van der Waals surface area contributed by atoms with Gasteiger partial charge >= 0.3 is 0 Å². The molecule has 1 heterocycles. The molecule has 2 aliphatic rings. The van der Waals surface area contributed by atoms with Gasteiger partial charge in [-0.25, -0.2) is 9.97 Å². The van der Waals surface area contributed by atoms with Gasteiger partial charge in [0.15, 0.2) is 0 Å². The van der Waals surface area contributed by atoms with Gasteiger partial charge in [-0.1, -0.05) is 30.3 Å². The zero-order chi connectivity index (χ0) is 23.8. The van der Waals surface area contributed by atoms with Crippen LogP contribution < -0.4 is 10.1 Å². The lowest BCUT2D eigenvalue weighted by molar-refractivity contribution is 0.0730. The number of fused-ring (bicyclic) bond motifs is 1. The normalized spacial score (nSPS) is 14.7. The molecule has 1 amide bonds. The van der Waals surface area contributed by atoms with E-state index >= 15 is 0 Å². The molecule has 6 rings (SSSR count). The number of hydrogen-bond donors (Lipinski definition) is 1. The number of aromatic nitrogens is 2. The fourth-order valence-corrected chi connectivity index (χ4v) is 4.54. The summed E-state index contributed by atoms with van der Waals surface area (Å²) >= 11 is 0. The van der Waals surface area contributed by atoms with Crippen LogP contribution in [0.25, 0.3) is 22.0 Å². The van der Waals surface area contributed by atoms with E-state index in [2.05, 4.69) is 39.6 Å². The molecule has 2 aliphatic carbocycles. The molecule has 0 aliphatic heterocycles. The summed E-state index contributed by atoms with van der Waals surface area (Å²) in [6.45, 7) is 0.570. The lowest BCUT2D eigenvalue weighted by atomic mass is 9.99. The molecule has 6 nitrogen and oxygen atoms in total. The smallest absolute Gasteiger partial charge is 0.254 e. The van der Waals surface area contributed by atoms with Crippen LogP contribution in [0, 0.1) is 0 Å². The maximum atomic E-state index is 13.3. The Bertz CT molecular complexity index is 1390. The number of carbonyl (C=O) groups excluding carboxylic acids is 1. The highest BCUT2D eigenvalue weighted by Crippen LogP contribution is 2.36. The van der Waals surface area contributed by atoms with E-state index in [0.717, 1.165) is 57.6 Å². The highest BCUT2D eigenvalue weighted by atomic mass is 35.5. The van der Waals surface area contributed by atoms with Crippen molar-refractivity contribution in [2.24, 2.45) is 0 Å². The number of halogens is 1. The summed E-state index contributed by atoms with van der Waals surface area (Å²) in [7, 11) is 1.69. The highest BCUT2D eigenvalue weighted by Gasteiger charge is 2.33. The van der Waals surface area contributed by atoms with Crippen LogP contribution in [0.15, 0.2) is 73.1 Å². The molecule has 4 aromatic rings. The Balaban J connectivity index is 0.00000267. The minimum atomic E-state index is 0. The fourth-order valence-electron chi connectivity index (χ4n) is 4.54. The van der Waals surface area contributed by atoms with Crippen molar-refractivity contribution in [3.05, 3.63) is 84.2 Å². The number of amides is 1. The molecule has 0 atom stereocenters. The van der Waals surface area contributed by atoms with E-state index < -0.39 is 0 Å². The second-order valence-corrected chi connectivity index (χ2v) is 9.44. The van der Waals surface area contributed by atoms with Crippen LogP contribution in [0.1, 0.15) is 41.6 Å². The summed E-state index contributed by atoms with van der Waals surface area (Å²) in [6, 6.07) is 22.8. The van der Waals surface area contributed by atoms with Gasteiger partial charge in [0.1, 0.15) is 17.9 Å². The Hall–Kier alpha value is -3.64. The Morgan fingerprint density at radius 3 is 2.53 bits per heavy atom. The quantitative estimate of drug-likeness (QED) is 0.316. The van der Waals surface area contributed by atoms with E-state index in [4.69, 9.17) is 4.74 Å². The Labute approximate surface area is 217 Å². The molecule has 0 spiro atoms. The number of rotatable bonds is 8. The van der Waals surface area contributed by atoms with Gasteiger partial charge in [0.2, 0.25) is 0 Å². The zero-order valence-corrected chi connectivity index (χ0v) is 21.0.